The van der Waals surface area contributed by atoms with Gasteiger partial charge in [-0.25, -0.2) is 9.59 Å². The van der Waals surface area contributed by atoms with E-state index >= 15 is 0 Å². The number of anilines is 1. The number of hydrogen-bond donors (Lipinski definition) is 1. The highest BCUT2D eigenvalue weighted by Gasteiger charge is 2.29. The first kappa shape index (κ1) is 19.4. The van der Waals surface area contributed by atoms with Crippen molar-refractivity contribution in [3.05, 3.63) is 89.0 Å². The second kappa shape index (κ2) is 7.83. The van der Waals surface area contributed by atoms with Crippen LogP contribution in [0.4, 0.5) is 10.5 Å². The molecule has 0 heterocycles. The molecular formula is C24H19NO5. The first-order valence-corrected chi connectivity index (χ1v) is 9.42. The Morgan fingerprint density at radius 2 is 1.60 bits per heavy atom. The van der Waals surface area contributed by atoms with Crippen molar-refractivity contribution >= 4 is 24.0 Å². The van der Waals surface area contributed by atoms with Crippen LogP contribution in [0.15, 0.2) is 66.7 Å². The summed E-state index contributed by atoms with van der Waals surface area (Å²) >= 11 is 0. The first-order valence-electron chi connectivity index (χ1n) is 9.42. The molecule has 0 bridgehead atoms. The summed E-state index contributed by atoms with van der Waals surface area (Å²) in [7, 11) is 1.48. The number of benzene rings is 3. The molecule has 1 aliphatic carbocycles. The van der Waals surface area contributed by atoms with E-state index in [0.717, 1.165) is 22.3 Å². The Hall–Kier alpha value is -3.93. The number of hydrogen-bond acceptors (Lipinski definition) is 4. The summed E-state index contributed by atoms with van der Waals surface area (Å²) in [6.07, 6.45) is -0.0853. The number of carbonyl (C=O) groups excluding carboxylic acids is 2. The molecule has 0 spiro atoms. The lowest BCUT2D eigenvalue weighted by molar-refractivity contribution is 0.0696. The fraction of sp³-hybridized carbons (Fsp3) is 0.125. The van der Waals surface area contributed by atoms with Gasteiger partial charge in [-0.1, -0.05) is 48.5 Å². The normalized spacial score (nSPS) is 12.0. The molecule has 0 saturated carbocycles. The minimum Gasteiger partial charge on any atom is -0.478 e. The Balaban J connectivity index is 1.55. The maximum Gasteiger partial charge on any atom is 0.414 e. The quantitative estimate of drug-likeness (QED) is 0.633. The summed E-state index contributed by atoms with van der Waals surface area (Å²) in [6, 6.07) is 20.1. The molecule has 4 rings (SSSR count). The van der Waals surface area contributed by atoms with Crippen LogP contribution in [0.25, 0.3) is 11.1 Å². The maximum absolute atomic E-state index is 12.7. The average Bonchev–Trinajstić information content (AvgIpc) is 3.10. The van der Waals surface area contributed by atoms with E-state index in [2.05, 4.69) is 12.1 Å². The maximum atomic E-state index is 12.7. The monoisotopic (exact) mass is 401 g/mol. The van der Waals surface area contributed by atoms with E-state index < -0.39 is 12.1 Å². The molecule has 1 amide bonds. The number of ether oxygens (including phenoxy) is 1. The molecule has 0 fully saturated rings. The Bertz CT molecular complexity index is 1110. The Kier molecular flexibility index (Phi) is 5.06. The number of aldehydes is 1. The van der Waals surface area contributed by atoms with Crippen LogP contribution in [0.2, 0.25) is 0 Å². The summed E-state index contributed by atoms with van der Waals surface area (Å²) in [4.78, 5) is 36.3. The van der Waals surface area contributed by atoms with Crippen molar-refractivity contribution in [2.45, 2.75) is 5.92 Å². The van der Waals surface area contributed by atoms with E-state index in [0.29, 0.717) is 6.29 Å². The van der Waals surface area contributed by atoms with Gasteiger partial charge in [0.05, 0.1) is 5.56 Å². The number of amides is 1. The van der Waals surface area contributed by atoms with E-state index in [4.69, 9.17) is 4.74 Å². The van der Waals surface area contributed by atoms with Crippen molar-refractivity contribution in [3.8, 4) is 11.1 Å². The molecular weight excluding hydrogens is 382 g/mol. The molecule has 6 nitrogen and oxygen atoms in total. The zero-order chi connectivity index (χ0) is 21.3. The Morgan fingerprint density at radius 1 is 1.00 bits per heavy atom. The second-order valence-electron chi connectivity index (χ2n) is 7.10. The van der Waals surface area contributed by atoms with Gasteiger partial charge in [0.25, 0.3) is 0 Å². The molecule has 0 radical (unpaired) electrons. The molecule has 3 aromatic rings. The number of carboxylic acids is 1. The molecule has 0 saturated heterocycles. The van der Waals surface area contributed by atoms with Gasteiger partial charge < -0.3 is 9.84 Å². The van der Waals surface area contributed by atoms with Gasteiger partial charge in [0, 0.05) is 24.2 Å². The predicted molar refractivity (Wildman–Crippen MR) is 112 cm³/mol. The SMILES string of the molecule is CN(C(=O)OCC1c2ccccc2-c2ccccc21)c1cc(C=O)cc(C(=O)O)c1. The fourth-order valence-electron chi connectivity index (χ4n) is 3.82. The highest BCUT2D eigenvalue weighted by atomic mass is 16.6. The van der Waals surface area contributed by atoms with Gasteiger partial charge in [0.1, 0.15) is 12.9 Å². The molecule has 0 atom stereocenters. The lowest BCUT2D eigenvalue weighted by Crippen LogP contribution is -2.29. The summed E-state index contributed by atoms with van der Waals surface area (Å²) in [5.74, 6) is -1.26. The molecule has 0 unspecified atom stereocenters. The zero-order valence-corrected chi connectivity index (χ0v) is 16.2. The van der Waals surface area contributed by atoms with Crippen LogP contribution in [0.5, 0.6) is 0 Å². The van der Waals surface area contributed by atoms with E-state index in [1.807, 2.05) is 36.4 Å². The summed E-state index contributed by atoms with van der Waals surface area (Å²) < 4.78 is 5.58. The van der Waals surface area contributed by atoms with E-state index in [1.165, 1.54) is 30.1 Å². The van der Waals surface area contributed by atoms with E-state index in [1.54, 1.807) is 0 Å². The highest BCUT2D eigenvalue weighted by Crippen LogP contribution is 2.44. The smallest absolute Gasteiger partial charge is 0.414 e. The van der Waals surface area contributed by atoms with Crippen LogP contribution < -0.4 is 4.90 Å². The fourth-order valence-corrected chi connectivity index (χ4v) is 3.82. The van der Waals surface area contributed by atoms with Crippen molar-refractivity contribution in [1.29, 1.82) is 0 Å². The van der Waals surface area contributed by atoms with Crippen molar-refractivity contribution in [3.63, 3.8) is 0 Å². The zero-order valence-electron chi connectivity index (χ0n) is 16.2. The van der Waals surface area contributed by atoms with E-state index in [-0.39, 0.29) is 29.3 Å². The Morgan fingerprint density at radius 3 is 2.17 bits per heavy atom. The van der Waals surface area contributed by atoms with Gasteiger partial charge in [-0.05, 0) is 40.5 Å². The van der Waals surface area contributed by atoms with Gasteiger partial charge in [0.15, 0.2) is 0 Å². The number of nitrogens with zero attached hydrogens (tertiary/aromatic N) is 1. The van der Waals surface area contributed by atoms with Crippen LogP contribution in [0.3, 0.4) is 0 Å². The molecule has 30 heavy (non-hydrogen) atoms. The molecule has 1 N–H and O–H groups in total. The molecule has 3 aromatic carbocycles. The Labute approximate surface area is 173 Å². The van der Waals surface area contributed by atoms with Gasteiger partial charge in [-0.15, -0.1) is 0 Å². The molecule has 1 aliphatic rings. The second-order valence-corrected chi connectivity index (χ2v) is 7.10. The predicted octanol–water partition coefficient (Wildman–Crippen LogP) is 4.58. The van der Waals surface area contributed by atoms with Crippen LogP contribution in [-0.2, 0) is 4.74 Å². The largest absolute Gasteiger partial charge is 0.478 e. The van der Waals surface area contributed by atoms with Gasteiger partial charge in [-0.2, -0.15) is 0 Å². The van der Waals surface area contributed by atoms with Crippen LogP contribution >= 0.6 is 0 Å². The van der Waals surface area contributed by atoms with Crippen LogP contribution in [0.1, 0.15) is 37.8 Å². The minimum atomic E-state index is -1.18. The summed E-state index contributed by atoms with van der Waals surface area (Å²) in [5.41, 5.74) is 4.83. The molecule has 6 heteroatoms. The van der Waals surface area contributed by atoms with Gasteiger partial charge in [0.2, 0.25) is 0 Å². The minimum absolute atomic E-state index is 0.0760. The lowest BCUT2D eigenvalue weighted by atomic mass is 9.98. The number of carboxylic acid groups (broad SMARTS) is 1. The van der Waals surface area contributed by atoms with Crippen molar-refractivity contribution < 1.29 is 24.2 Å². The van der Waals surface area contributed by atoms with Crippen LogP contribution in [0, 0.1) is 0 Å². The van der Waals surface area contributed by atoms with Gasteiger partial charge >= 0.3 is 12.1 Å². The summed E-state index contributed by atoms with van der Waals surface area (Å²) in [6.45, 7) is 0.149. The number of rotatable bonds is 5. The molecule has 0 aliphatic heterocycles. The summed E-state index contributed by atoms with van der Waals surface area (Å²) in [5, 5.41) is 9.23. The van der Waals surface area contributed by atoms with Crippen molar-refractivity contribution in [1.82, 2.24) is 0 Å². The number of carbonyl (C=O) groups is 3. The number of aromatic carboxylic acids is 1. The topological polar surface area (TPSA) is 83.9 Å². The highest BCUT2D eigenvalue weighted by molar-refractivity contribution is 5.95. The lowest BCUT2D eigenvalue weighted by Gasteiger charge is -2.20. The van der Waals surface area contributed by atoms with Crippen molar-refractivity contribution in [2.75, 3.05) is 18.6 Å². The van der Waals surface area contributed by atoms with Crippen molar-refractivity contribution in [2.24, 2.45) is 0 Å². The van der Waals surface area contributed by atoms with Crippen LogP contribution in [-0.4, -0.2) is 37.1 Å². The third-order valence-electron chi connectivity index (χ3n) is 5.32. The van der Waals surface area contributed by atoms with E-state index in [9.17, 15) is 19.5 Å². The number of fused-ring (bicyclic) bond motifs is 3. The average molecular weight is 401 g/mol. The first-order chi connectivity index (χ1) is 14.5. The third kappa shape index (κ3) is 3.43. The van der Waals surface area contributed by atoms with Gasteiger partial charge in [-0.3, -0.25) is 9.69 Å². The standard InChI is InChI=1S/C24H19NO5/c1-25(17-11-15(13-26)10-16(12-17)23(27)28)24(29)30-14-22-20-8-4-2-6-18(20)19-7-3-5-9-21(19)22/h2-13,22H,14H2,1H3,(H,27,28). The molecule has 150 valence electrons. The molecule has 0 aromatic heterocycles. The third-order valence-corrected chi connectivity index (χ3v) is 5.32.